The molecular weight excluding hydrogens is 340 g/mol. The van der Waals surface area contributed by atoms with E-state index in [-0.39, 0.29) is 11.6 Å². The molecule has 0 aliphatic carbocycles. The van der Waals surface area contributed by atoms with Crippen molar-refractivity contribution >= 4 is 10.9 Å². The Labute approximate surface area is 158 Å². The van der Waals surface area contributed by atoms with Crippen LogP contribution in [0.4, 0.5) is 0 Å². The first kappa shape index (κ1) is 17.7. The molecule has 1 atom stereocenters. The van der Waals surface area contributed by atoms with Crippen LogP contribution in [0.2, 0.25) is 0 Å². The van der Waals surface area contributed by atoms with E-state index in [2.05, 4.69) is 26.3 Å². The van der Waals surface area contributed by atoms with Crippen LogP contribution in [0.3, 0.4) is 0 Å². The van der Waals surface area contributed by atoms with Gasteiger partial charge in [-0.3, -0.25) is 9.69 Å². The zero-order valence-corrected chi connectivity index (χ0v) is 15.4. The van der Waals surface area contributed by atoms with E-state index in [1.807, 2.05) is 36.4 Å². The summed E-state index contributed by atoms with van der Waals surface area (Å²) >= 11 is 0. The Morgan fingerprint density at radius 3 is 2.89 bits per heavy atom. The Morgan fingerprint density at radius 1 is 1.19 bits per heavy atom. The number of benzene rings is 2. The minimum atomic E-state index is -0.0720. The van der Waals surface area contributed by atoms with E-state index in [4.69, 9.17) is 4.74 Å². The molecule has 0 amide bonds. The van der Waals surface area contributed by atoms with Gasteiger partial charge in [0.25, 0.3) is 5.56 Å². The maximum Gasteiger partial charge on any atom is 0.258 e. The lowest BCUT2D eigenvalue weighted by molar-refractivity contribution is 0.160. The summed E-state index contributed by atoms with van der Waals surface area (Å²) in [4.78, 5) is 22.3. The van der Waals surface area contributed by atoms with Crippen LogP contribution >= 0.6 is 0 Å². The monoisotopic (exact) mass is 364 g/mol. The van der Waals surface area contributed by atoms with Gasteiger partial charge >= 0.3 is 0 Å². The van der Waals surface area contributed by atoms with Crippen LogP contribution in [-0.2, 0) is 6.42 Å². The van der Waals surface area contributed by atoms with E-state index < -0.39 is 0 Å². The molecule has 6 nitrogen and oxygen atoms in total. The lowest BCUT2D eigenvalue weighted by Crippen LogP contribution is -2.46. The molecule has 6 heteroatoms. The third kappa shape index (κ3) is 3.72. The van der Waals surface area contributed by atoms with E-state index in [0.717, 1.165) is 43.3 Å². The highest BCUT2D eigenvalue weighted by Crippen LogP contribution is 2.30. The number of aromatic amines is 1. The summed E-state index contributed by atoms with van der Waals surface area (Å²) in [5.41, 5.74) is 1.86. The maximum atomic E-state index is 12.3. The Morgan fingerprint density at radius 2 is 2.00 bits per heavy atom. The predicted molar refractivity (Wildman–Crippen MR) is 106 cm³/mol. The summed E-state index contributed by atoms with van der Waals surface area (Å²) in [6, 6.07) is 15.9. The van der Waals surface area contributed by atoms with Crippen LogP contribution in [0.25, 0.3) is 10.9 Å². The number of para-hydroxylation sites is 2. The van der Waals surface area contributed by atoms with Crippen LogP contribution in [0.5, 0.6) is 5.75 Å². The fourth-order valence-corrected chi connectivity index (χ4v) is 3.77. The van der Waals surface area contributed by atoms with Gasteiger partial charge in [-0.25, -0.2) is 4.98 Å². The van der Waals surface area contributed by atoms with Gasteiger partial charge in [0.2, 0.25) is 0 Å². The number of nitrogens with one attached hydrogen (secondary N) is 2. The van der Waals surface area contributed by atoms with E-state index in [1.165, 1.54) is 5.56 Å². The highest BCUT2D eigenvalue weighted by Gasteiger charge is 2.26. The minimum absolute atomic E-state index is 0.0720. The first-order valence-electron chi connectivity index (χ1n) is 9.32. The number of ether oxygens (including phenoxy) is 1. The van der Waals surface area contributed by atoms with Crippen molar-refractivity contribution in [2.24, 2.45) is 0 Å². The Balaban J connectivity index is 1.55. The van der Waals surface area contributed by atoms with Gasteiger partial charge in [0.05, 0.1) is 24.1 Å². The van der Waals surface area contributed by atoms with Crippen molar-refractivity contribution in [1.82, 2.24) is 20.2 Å². The van der Waals surface area contributed by atoms with Crippen molar-refractivity contribution < 1.29 is 4.74 Å². The van der Waals surface area contributed by atoms with Gasteiger partial charge in [-0.15, -0.1) is 0 Å². The summed E-state index contributed by atoms with van der Waals surface area (Å²) in [5.74, 6) is 1.64. The molecular formula is C21H24N4O2. The van der Waals surface area contributed by atoms with E-state index >= 15 is 0 Å². The second-order valence-electron chi connectivity index (χ2n) is 6.78. The van der Waals surface area contributed by atoms with Crippen molar-refractivity contribution in [3.8, 4) is 5.75 Å². The highest BCUT2D eigenvalue weighted by atomic mass is 16.5. The SMILES string of the molecule is COc1ccccc1C1CNCCN1CCc1nc2ccccc2c(=O)[nH]1. The molecule has 140 valence electrons. The summed E-state index contributed by atoms with van der Waals surface area (Å²) in [7, 11) is 1.71. The Kier molecular flexibility index (Phi) is 5.18. The largest absolute Gasteiger partial charge is 0.496 e. The van der Waals surface area contributed by atoms with Gasteiger partial charge in [-0.1, -0.05) is 30.3 Å². The van der Waals surface area contributed by atoms with Crippen molar-refractivity contribution in [3.05, 3.63) is 70.3 Å². The van der Waals surface area contributed by atoms with E-state index in [0.29, 0.717) is 11.8 Å². The number of nitrogens with zero attached hydrogens (tertiary/aromatic N) is 2. The first-order chi connectivity index (χ1) is 13.3. The van der Waals surface area contributed by atoms with E-state index in [9.17, 15) is 4.79 Å². The minimum Gasteiger partial charge on any atom is -0.496 e. The van der Waals surface area contributed by atoms with Crippen LogP contribution in [0.1, 0.15) is 17.4 Å². The second kappa shape index (κ2) is 7.90. The average molecular weight is 364 g/mol. The van der Waals surface area contributed by atoms with Gasteiger partial charge in [-0.05, 0) is 18.2 Å². The van der Waals surface area contributed by atoms with Crippen molar-refractivity contribution in [2.45, 2.75) is 12.5 Å². The molecule has 0 saturated carbocycles. The lowest BCUT2D eigenvalue weighted by Gasteiger charge is -2.37. The highest BCUT2D eigenvalue weighted by molar-refractivity contribution is 5.77. The third-order valence-corrected chi connectivity index (χ3v) is 5.15. The Bertz CT molecular complexity index is 985. The third-order valence-electron chi connectivity index (χ3n) is 5.15. The quantitative estimate of drug-likeness (QED) is 0.726. The number of hydrogen-bond acceptors (Lipinski definition) is 5. The van der Waals surface area contributed by atoms with Gasteiger partial charge in [-0.2, -0.15) is 0 Å². The Hall–Kier alpha value is -2.70. The molecule has 1 aliphatic heterocycles. The topological polar surface area (TPSA) is 70.2 Å². The molecule has 1 aromatic heterocycles. The molecule has 1 aliphatic rings. The smallest absolute Gasteiger partial charge is 0.258 e. The van der Waals surface area contributed by atoms with Crippen LogP contribution in [0, 0.1) is 0 Å². The molecule has 4 rings (SSSR count). The number of hydrogen-bond donors (Lipinski definition) is 2. The fraction of sp³-hybridized carbons (Fsp3) is 0.333. The van der Waals surface area contributed by atoms with Crippen molar-refractivity contribution in [3.63, 3.8) is 0 Å². The molecule has 0 bridgehead atoms. The molecule has 1 unspecified atom stereocenters. The van der Waals surface area contributed by atoms with Gasteiger partial charge in [0.15, 0.2) is 0 Å². The lowest BCUT2D eigenvalue weighted by atomic mass is 10.0. The number of rotatable bonds is 5. The molecule has 2 aromatic carbocycles. The zero-order chi connectivity index (χ0) is 18.6. The standard InChI is InChI=1S/C21H24N4O2/c1-27-19-9-5-3-7-16(19)18-14-22-11-13-25(18)12-10-20-23-17-8-4-2-6-15(17)21(26)24-20/h2-9,18,22H,10-14H2,1H3,(H,23,24,26). The summed E-state index contributed by atoms with van der Waals surface area (Å²) in [6.45, 7) is 3.60. The normalized spacial score (nSPS) is 17.9. The van der Waals surface area contributed by atoms with E-state index in [1.54, 1.807) is 13.2 Å². The number of methoxy groups -OCH3 is 1. The molecule has 2 heterocycles. The molecule has 1 saturated heterocycles. The molecule has 2 N–H and O–H groups in total. The van der Waals surface area contributed by atoms with Crippen LogP contribution in [-0.4, -0.2) is 48.2 Å². The number of piperazine rings is 1. The maximum absolute atomic E-state index is 12.3. The summed E-state index contributed by atoms with van der Waals surface area (Å²) in [6.07, 6.45) is 0.700. The molecule has 27 heavy (non-hydrogen) atoms. The van der Waals surface area contributed by atoms with Crippen LogP contribution < -0.4 is 15.6 Å². The molecule has 0 spiro atoms. The zero-order valence-electron chi connectivity index (χ0n) is 15.4. The fourth-order valence-electron chi connectivity index (χ4n) is 3.77. The van der Waals surface area contributed by atoms with Gasteiger partial charge in [0.1, 0.15) is 11.6 Å². The van der Waals surface area contributed by atoms with Gasteiger partial charge in [0, 0.05) is 38.2 Å². The van der Waals surface area contributed by atoms with Gasteiger partial charge < -0.3 is 15.0 Å². The number of aromatic nitrogens is 2. The molecule has 3 aromatic rings. The number of H-pyrrole nitrogens is 1. The average Bonchev–Trinajstić information content (AvgIpc) is 2.72. The van der Waals surface area contributed by atoms with Crippen molar-refractivity contribution in [1.29, 1.82) is 0 Å². The summed E-state index contributed by atoms with van der Waals surface area (Å²) < 4.78 is 5.56. The molecule has 1 fully saturated rings. The summed E-state index contributed by atoms with van der Waals surface area (Å²) in [5, 5.41) is 4.11. The van der Waals surface area contributed by atoms with Crippen LogP contribution in [0.15, 0.2) is 53.3 Å². The predicted octanol–water partition coefficient (Wildman–Crippen LogP) is 2.12. The second-order valence-corrected chi connectivity index (χ2v) is 6.78. The first-order valence-corrected chi connectivity index (χ1v) is 9.32. The van der Waals surface area contributed by atoms with Crippen molar-refractivity contribution in [2.75, 3.05) is 33.3 Å². The molecule has 0 radical (unpaired) electrons. The number of fused-ring (bicyclic) bond motifs is 1.